The Morgan fingerprint density at radius 3 is 2.74 bits per heavy atom. The number of methoxy groups -OCH3 is 1. The zero-order valence-corrected chi connectivity index (χ0v) is 19.9. The predicted molar refractivity (Wildman–Crippen MR) is 128 cm³/mol. The number of nitrogens with one attached hydrogen (secondary N) is 1. The summed E-state index contributed by atoms with van der Waals surface area (Å²) >= 11 is 6.17. The summed E-state index contributed by atoms with van der Waals surface area (Å²) in [6, 6.07) is 12.0. The number of rotatable bonds is 6. The van der Waals surface area contributed by atoms with Gasteiger partial charge in [-0.3, -0.25) is 14.6 Å². The first-order valence-corrected chi connectivity index (χ1v) is 12.7. The van der Waals surface area contributed by atoms with Crippen LogP contribution in [0.2, 0.25) is 5.02 Å². The zero-order valence-electron chi connectivity index (χ0n) is 18.3. The molecule has 0 saturated heterocycles. The highest BCUT2D eigenvalue weighted by Gasteiger charge is 2.50. The number of hydrogen-bond donors (Lipinski definition) is 1. The number of carbonyl (C=O) groups is 2. The van der Waals surface area contributed by atoms with E-state index in [1.807, 2.05) is 24.3 Å². The molecule has 1 aromatic heterocycles. The molecule has 1 aliphatic carbocycles. The second-order valence-corrected chi connectivity index (χ2v) is 11.0. The van der Waals surface area contributed by atoms with Crippen LogP contribution in [0.3, 0.4) is 0 Å². The van der Waals surface area contributed by atoms with Gasteiger partial charge in [-0.25, -0.2) is 12.7 Å². The van der Waals surface area contributed by atoms with Gasteiger partial charge in [0.1, 0.15) is 0 Å². The first-order chi connectivity index (χ1) is 16.2. The molecule has 2 aliphatic rings. The number of hydrogen-bond acceptors (Lipinski definition) is 6. The van der Waals surface area contributed by atoms with Gasteiger partial charge in [0.25, 0.3) is 5.91 Å². The van der Waals surface area contributed by atoms with Crippen molar-refractivity contribution in [3.8, 4) is 0 Å². The summed E-state index contributed by atoms with van der Waals surface area (Å²) < 4.78 is 32.7. The van der Waals surface area contributed by atoms with Gasteiger partial charge in [0.2, 0.25) is 15.9 Å². The van der Waals surface area contributed by atoms with Gasteiger partial charge in [0.15, 0.2) is 0 Å². The Hall–Kier alpha value is -3.01. The van der Waals surface area contributed by atoms with Gasteiger partial charge in [-0.2, -0.15) is 0 Å². The molecule has 2 aromatic carbocycles. The van der Waals surface area contributed by atoms with Gasteiger partial charge >= 0.3 is 0 Å². The molecule has 34 heavy (non-hydrogen) atoms. The van der Waals surface area contributed by atoms with Crippen LogP contribution >= 0.6 is 11.6 Å². The van der Waals surface area contributed by atoms with Gasteiger partial charge in [-0.05, 0) is 36.6 Å². The Labute approximate surface area is 201 Å². The molecular formula is C24H22ClN3O5S. The van der Waals surface area contributed by atoms with Crippen LogP contribution < -0.4 is 5.32 Å². The molecular weight excluding hydrogens is 478 g/mol. The van der Waals surface area contributed by atoms with Crippen LogP contribution in [0, 0.1) is 0 Å². The minimum Gasteiger partial charge on any atom is -0.377 e. The predicted octanol–water partition coefficient (Wildman–Crippen LogP) is 3.58. The summed E-state index contributed by atoms with van der Waals surface area (Å²) in [5, 5.41) is 4.87. The third kappa shape index (κ3) is 4.04. The van der Waals surface area contributed by atoms with Crippen LogP contribution in [0.5, 0.6) is 0 Å². The fraction of sp³-hybridized carbons (Fsp3) is 0.292. The monoisotopic (exact) mass is 499 g/mol. The maximum absolute atomic E-state index is 13.5. The van der Waals surface area contributed by atoms with Gasteiger partial charge in [-0.15, -0.1) is 0 Å². The number of carbonyl (C=O) groups excluding carboxylic acids is 2. The van der Waals surface area contributed by atoms with E-state index >= 15 is 0 Å². The fourth-order valence-corrected chi connectivity index (χ4v) is 6.49. The Kier molecular flexibility index (Phi) is 5.58. The summed E-state index contributed by atoms with van der Waals surface area (Å²) in [5.74, 6) is -2.39. The van der Waals surface area contributed by atoms with Crippen LogP contribution in [-0.4, -0.2) is 54.5 Å². The second-order valence-electron chi connectivity index (χ2n) is 8.66. The molecule has 3 aromatic rings. The summed E-state index contributed by atoms with van der Waals surface area (Å²) in [5.41, 5.74) is 0.251. The SMILES string of the molecule is COC1(CS(=O)(=O)N2CC(C(=O)Nc3cncc4ccccc34)c3cc(Cl)ccc3C2=O)CC1. The lowest BCUT2D eigenvalue weighted by atomic mass is 9.89. The van der Waals surface area contributed by atoms with Crippen LogP contribution in [-0.2, 0) is 19.6 Å². The van der Waals surface area contributed by atoms with Crippen molar-refractivity contribution in [1.82, 2.24) is 9.29 Å². The van der Waals surface area contributed by atoms with Crippen molar-refractivity contribution < 1.29 is 22.7 Å². The molecule has 1 fully saturated rings. The molecule has 10 heteroatoms. The third-order valence-corrected chi connectivity index (χ3v) is 8.57. The highest BCUT2D eigenvalue weighted by molar-refractivity contribution is 7.89. The van der Waals surface area contributed by atoms with Crippen LogP contribution in [0.25, 0.3) is 10.8 Å². The molecule has 0 spiro atoms. The topological polar surface area (TPSA) is 106 Å². The number of nitrogens with zero attached hydrogens (tertiary/aromatic N) is 2. The van der Waals surface area contributed by atoms with Gasteiger partial charge < -0.3 is 10.1 Å². The summed E-state index contributed by atoms with van der Waals surface area (Å²) in [7, 11) is -2.57. The number of amides is 2. The van der Waals surface area contributed by atoms with Crippen LogP contribution in [0.15, 0.2) is 54.9 Å². The van der Waals surface area contributed by atoms with Crippen LogP contribution in [0.4, 0.5) is 5.69 Å². The molecule has 1 aliphatic heterocycles. The third-order valence-electron chi connectivity index (χ3n) is 6.46. The van der Waals surface area contributed by atoms with E-state index in [0.717, 1.165) is 15.1 Å². The lowest BCUT2D eigenvalue weighted by Crippen LogP contribution is -2.49. The normalized spacial score (nSPS) is 19.1. The smallest absolute Gasteiger partial charge is 0.267 e. The largest absolute Gasteiger partial charge is 0.377 e. The van der Waals surface area contributed by atoms with Crippen LogP contribution in [0.1, 0.15) is 34.7 Å². The zero-order chi connectivity index (χ0) is 24.1. The first-order valence-electron chi connectivity index (χ1n) is 10.8. The Morgan fingerprint density at radius 1 is 1.24 bits per heavy atom. The molecule has 176 valence electrons. The molecule has 2 amide bonds. The minimum atomic E-state index is -4.03. The molecule has 1 unspecified atom stereocenters. The average molecular weight is 500 g/mol. The average Bonchev–Trinajstić information content (AvgIpc) is 3.58. The van der Waals surface area contributed by atoms with Gasteiger partial charge in [0.05, 0.1) is 35.7 Å². The van der Waals surface area contributed by atoms with Gasteiger partial charge in [0, 0.05) is 34.7 Å². The van der Waals surface area contributed by atoms with E-state index in [9.17, 15) is 18.0 Å². The lowest BCUT2D eigenvalue weighted by Gasteiger charge is -2.34. The number of benzene rings is 2. The van der Waals surface area contributed by atoms with Crippen molar-refractivity contribution in [3.05, 3.63) is 71.0 Å². The maximum atomic E-state index is 13.5. The Balaban J connectivity index is 1.51. The molecule has 0 bridgehead atoms. The number of sulfonamides is 1. The Morgan fingerprint density at radius 2 is 2.00 bits per heavy atom. The number of halogens is 1. The number of anilines is 1. The molecule has 1 atom stereocenters. The highest BCUT2D eigenvalue weighted by atomic mass is 35.5. The molecule has 2 heterocycles. The quantitative estimate of drug-likeness (QED) is 0.555. The van der Waals surface area contributed by atoms with E-state index < -0.39 is 33.4 Å². The van der Waals surface area contributed by atoms with Crippen molar-refractivity contribution in [2.24, 2.45) is 0 Å². The summed E-state index contributed by atoms with van der Waals surface area (Å²) in [6.45, 7) is -0.321. The van der Waals surface area contributed by atoms with E-state index in [1.54, 1.807) is 12.3 Å². The van der Waals surface area contributed by atoms with E-state index in [4.69, 9.17) is 16.3 Å². The van der Waals surface area contributed by atoms with Crippen molar-refractivity contribution in [2.75, 3.05) is 24.7 Å². The number of fused-ring (bicyclic) bond motifs is 2. The lowest BCUT2D eigenvalue weighted by molar-refractivity contribution is -0.117. The van der Waals surface area contributed by atoms with Crippen molar-refractivity contribution in [1.29, 1.82) is 0 Å². The fourth-order valence-electron chi connectivity index (χ4n) is 4.36. The number of ether oxygens (including phenoxy) is 1. The van der Waals surface area contributed by atoms with Crippen molar-refractivity contribution in [3.63, 3.8) is 0 Å². The van der Waals surface area contributed by atoms with Crippen molar-refractivity contribution >= 4 is 49.9 Å². The van der Waals surface area contributed by atoms with E-state index in [-0.39, 0.29) is 17.9 Å². The summed E-state index contributed by atoms with van der Waals surface area (Å²) in [6.07, 6.45) is 4.44. The highest BCUT2D eigenvalue weighted by Crippen LogP contribution is 2.42. The van der Waals surface area contributed by atoms with E-state index in [1.165, 1.54) is 25.4 Å². The number of aromatic nitrogens is 1. The molecule has 0 radical (unpaired) electrons. The second kappa shape index (κ2) is 8.33. The molecule has 5 rings (SSSR count). The first kappa shape index (κ1) is 22.8. The minimum absolute atomic E-state index is 0.137. The Bertz CT molecular complexity index is 1420. The standard InChI is InChI=1S/C24H22ClN3O5S/c1-33-24(8-9-24)14-34(31,32)28-13-20(19-10-16(25)6-7-18(19)23(28)30)22(29)27-21-12-26-11-15-4-2-3-5-17(15)21/h2-7,10-12,20H,8-9,13-14H2,1H3,(H,27,29). The van der Waals surface area contributed by atoms with E-state index in [2.05, 4.69) is 10.3 Å². The molecule has 1 saturated carbocycles. The molecule has 1 N–H and O–H groups in total. The summed E-state index contributed by atoms with van der Waals surface area (Å²) in [4.78, 5) is 30.9. The van der Waals surface area contributed by atoms with E-state index in [0.29, 0.717) is 29.1 Å². The number of pyridine rings is 1. The van der Waals surface area contributed by atoms with Gasteiger partial charge in [-0.1, -0.05) is 35.9 Å². The molecule has 8 nitrogen and oxygen atoms in total. The maximum Gasteiger partial charge on any atom is 0.267 e. The van der Waals surface area contributed by atoms with Crippen molar-refractivity contribution in [2.45, 2.75) is 24.4 Å².